The van der Waals surface area contributed by atoms with Gasteiger partial charge in [0.2, 0.25) is 5.91 Å². The van der Waals surface area contributed by atoms with Crippen molar-refractivity contribution in [3.8, 4) is 11.5 Å². The van der Waals surface area contributed by atoms with E-state index in [-0.39, 0.29) is 24.6 Å². The van der Waals surface area contributed by atoms with Crippen molar-refractivity contribution >= 4 is 5.91 Å². The van der Waals surface area contributed by atoms with E-state index in [1.54, 1.807) is 0 Å². The first-order valence-corrected chi connectivity index (χ1v) is 8.48. The van der Waals surface area contributed by atoms with Crippen molar-refractivity contribution in [2.24, 2.45) is 0 Å². The number of para-hydroxylation sites is 2. The molecule has 0 unspecified atom stereocenters. The molecular formula is C18H24N4O3. The van der Waals surface area contributed by atoms with Crippen LogP contribution in [0, 0.1) is 6.92 Å². The van der Waals surface area contributed by atoms with Crippen molar-refractivity contribution < 1.29 is 14.3 Å². The molecule has 1 aromatic heterocycles. The number of hydrogen-bond acceptors (Lipinski definition) is 5. The molecule has 2 heterocycles. The molecule has 0 fully saturated rings. The predicted molar refractivity (Wildman–Crippen MR) is 93.8 cm³/mol. The minimum absolute atomic E-state index is 0.0639. The van der Waals surface area contributed by atoms with Gasteiger partial charge in [0.1, 0.15) is 12.7 Å². The Morgan fingerprint density at radius 2 is 2.20 bits per heavy atom. The van der Waals surface area contributed by atoms with E-state index in [1.807, 2.05) is 55.2 Å². The Morgan fingerprint density at radius 1 is 1.40 bits per heavy atom. The van der Waals surface area contributed by atoms with E-state index in [1.165, 1.54) is 0 Å². The summed E-state index contributed by atoms with van der Waals surface area (Å²) in [5.74, 6) is 1.40. The first kappa shape index (κ1) is 17.3. The summed E-state index contributed by atoms with van der Waals surface area (Å²) in [6.07, 6.45) is 3.63. The summed E-state index contributed by atoms with van der Waals surface area (Å²) in [6, 6.07) is 7.68. The second-order valence-electron chi connectivity index (χ2n) is 6.32. The van der Waals surface area contributed by atoms with Crippen LogP contribution in [0.25, 0.3) is 0 Å². The number of benzene rings is 1. The highest BCUT2D eigenvalue weighted by atomic mass is 16.6. The van der Waals surface area contributed by atoms with Gasteiger partial charge >= 0.3 is 0 Å². The van der Waals surface area contributed by atoms with Gasteiger partial charge in [0.05, 0.1) is 25.8 Å². The number of aromatic nitrogens is 2. The topological polar surface area (TPSA) is 77.4 Å². The smallest absolute Gasteiger partial charge is 0.234 e. The van der Waals surface area contributed by atoms with E-state index in [4.69, 9.17) is 9.47 Å². The molecule has 0 bridgehead atoms. The summed E-state index contributed by atoms with van der Waals surface area (Å²) in [6.45, 7) is 5.86. The highest BCUT2D eigenvalue weighted by Gasteiger charge is 2.21. The van der Waals surface area contributed by atoms with Crippen LogP contribution >= 0.6 is 0 Å². The predicted octanol–water partition coefficient (Wildman–Crippen LogP) is 1.13. The Balaban J connectivity index is 1.36. The number of aryl methyl sites for hydroxylation is 1. The molecule has 0 saturated heterocycles. The normalized spacial score (nSPS) is 17.1. The third-order valence-corrected chi connectivity index (χ3v) is 3.93. The van der Waals surface area contributed by atoms with Crippen molar-refractivity contribution in [1.82, 2.24) is 20.4 Å². The van der Waals surface area contributed by atoms with Crippen LogP contribution in [0.4, 0.5) is 0 Å². The van der Waals surface area contributed by atoms with Crippen LogP contribution in [-0.2, 0) is 11.3 Å². The molecule has 7 heteroatoms. The molecule has 2 N–H and O–H groups in total. The Morgan fingerprint density at radius 3 is 2.96 bits per heavy atom. The number of ether oxygens (including phenoxy) is 2. The summed E-state index contributed by atoms with van der Waals surface area (Å²) < 4.78 is 13.3. The third kappa shape index (κ3) is 4.96. The largest absolute Gasteiger partial charge is 0.486 e. The standard InChI is InChI=1S/C18H24N4O3/c1-13-7-21-22(10-13)11-14(2)19-9-18(23)20-8-15-12-24-16-5-3-4-6-17(16)25-15/h3-7,10,14-15,19H,8-9,11-12H2,1-2H3,(H,20,23)/t14-,15+/m1/s1. The van der Waals surface area contributed by atoms with Crippen LogP contribution in [0.2, 0.25) is 0 Å². The lowest BCUT2D eigenvalue weighted by Gasteiger charge is -2.26. The van der Waals surface area contributed by atoms with Gasteiger partial charge in [-0.2, -0.15) is 5.10 Å². The van der Waals surface area contributed by atoms with Crippen molar-refractivity contribution in [2.75, 3.05) is 19.7 Å². The average molecular weight is 344 g/mol. The van der Waals surface area contributed by atoms with Crippen LogP contribution in [0.3, 0.4) is 0 Å². The molecule has 1 aromatic carbocycles. The molecule has 7 nitrogen and oxygen atoms in total. The second-order valence-corrected chi connectivity index (χ2v) is 6.32. The number of hydrogen-bond donors (Lipinski definition) is 2. The SMILES string of the molecule is Cc1cnn(C[C@@H](C)NCC(=O)NC[C@H]2COc3ccccc3O2)c1. The molecule has 1 aliphatic heterocycles. The fraction of sp³-hybridized carbons (Fsp3) is 0.444. The van der Waals surface area contributed by atoms with E-state index < -0.39 is 0 Å². The quantitative estimate of drug-likeness (QED) is 0.787. The minimum atomic E-state index is -0.177. The summed E-state index contributed by atoms with van der Waals surface area (Å²) in [4.78, 5) is 12.0. The molecule has 25 heavy (non-hydrogen) atoms. The van der Waals surface area contributed by atoms with Gasteiger partial charge in [0.15, 0.2) is 11.5 Å². The zero-order valence-corrected chi connectivity index (χ0v) is 14.6. The molecule has 2 atom stereocenters. The Hall–Kier alpha value is -2.54. The lowest BCUT2D eigenvalue weighted by Crippen LogP contribution is -2.45. The number of carbonyl (C=O) groups is 1. The fourth-order valence-corrected chi connectivity index (χ4v) is 2.63. The number of carbonyl (C=O) groups excluding carboxylic acids is 1. The molecule has 2 aromatic rings. The monoisotopic (exact) mass is 344 g/mol. The molecule has 0 spiro atoms. The third-order valence-electron chi connectivity index (χ3n) is 3.93. The zero-order chi connectivity index (χ0) is 17.6. The highest BCUT2D eigenvalue weighted by molar-refractivity contribution is 5.78. The van der Waals surface area contributed by atoms with Crippen molar-refractivity contribution in [2.45, 2.75) is 32.5 Å². The molecule has 0 aliphatic carbocycles. The average Bonchev–Trinajstić information content (AvgIpc) is 3.02. The molecule has 3 rings (SSSR count). The second kappa shape index (κ2) is 8.02. The van der Waals surface area contributed by atoms with E-state index in [2.05, 4.69) is 15.7 Å². The van der Waals surface area contributed by atoms with Crippen LogP contribution in [0.1, 0.15) is 12.5 Å². The molecule has 1 aliphatic rings. The van der Waals surface area contributed by atoms with Gasteiger partial charge in [-0.1, -0.05) is 12.1 Å². The van der Waals surface area contributed by atoms with E-state index in [9.17, 15) is 4.79 Å². The zero-order valence-electron chi connectivity index (χ0n) is 14.6. The lowest BCUT2D eigenvalue weighted by molar-refractivity contribution is -0.120. The number of rotatable bonds is 7. The number of fused-ring (bicyclic) bond motifs is 1. The Bertz CT molecular complexity index is 716. The molecule has 134 valence electrons. The number of nitrogens with zero attached hydrogens (tertiary/aromatic N) is 2. The molecular weight excluding hydrogens is 320 g/mol. The first-order chi connectivity index (χ1) is 12.1. The maximum Gasteiger partial charge on any atom is 0.234 e. The van der Waals surface area contributed by atoms with Crippen LogP contribution in [-0.4, -0.2) is 47.5 Å². The van der Waals surface area contributed by atoms with Crippen molar-refractivity contribution in [1.29, 1.82) is 0 Å². The summed E-state index contributed by atoms with van der Waals surface area (Å²) >= 11 is 0. The van der Waals surface area contributed by atoms with Gasteiger partial charge < -0.3 is 20.1 Å². The minimum Gasteiger partial charge on any atom is -0.486 e. The maximum absolute atomic E-state index is 12.0. The summed E-state index contributed by atoms with van der Waals surface area (Å²) in [5, 5.41) is 10.3. The van der Waals surface area contributed by atoms with Crippen molar-refractivity contribution in [3.63, 3.8) is 0 Å². The van der Waals surface area contributed by atoms with E-state index >= 15 is 0 Å². The molecule has 0 saturated carbocycles. The van der Waals surface area contributed by atoms with Gasteiger partial charge in [-0.3, -0.25) is 9.48 Å². The summed E-state index contributed by atoms with van der Waals surface area (Å²) in [5.41, 5.74) is 1.13. The highest BCUT2D eigenvalue weighted by Crippen LogP contribution is 2.30. The van der Waals surface area contributed by atoms with Crippen LogP contribution in [0.15, 0.2) is 36.7 Å². The fourth-order valence-electron chi connectivity index (χ4n) is 2.63. The van der Waals surface area contributed by atoms with Crippen LogP contribution in [0.5, 0.6) is 11.5 Å². The van der Waals surface area contributed by atoms with Gasteiger partial charge in [0, 0.05) is 12.2 Å². The number of nitrogens with one attached hydrogen (secondary N) is 2. The Kier molecular flexibility index (Phi) is 5.55. The maximum atomic E-state index is 12.0. The van der Waals surface area contributed by atoms with Gasteiger partial charge in [-0.15, -0.1) is 0 Å². The van der Waals surface area contributed by atoms with Crippen molar-refractivity contribution in [3.05, 3.63) is 42.2 Å². The number of amides is 1. The first-order valence-electron chi connectivity index (χ1n) is 8.48. The Labute approximate surface area is 147 Å². The van der Waals surface area contributed by atoms with E-state index in [0.29, 0.717) is 18.9 Å². The van der Waals surface area contributed by atoms with E-state index in [0.717, 1.165) is 17.9 Å². The van der Waals surface area contributed by atoms with Gasteiger partial charge in [0.25, 0.3) is 0 Å². The molecule has 1 amide bonds. The molecule has 0 radical (unpaired) electrons. The van der Waals surface area contributed by atoms with Crippen LogP contribution < -0.4 is 20.1 Å². The van der Waals surface area contributed by atoms with Gasteiger partial charge in [-0.05, 0) is 31.5 Å². The lowest BCUT2D eigenvalue weighted by atomic mass is 10.2. The summed E-state index contributed by atoms with van der Waals surface area (Å²) in [7, 11) is 0. The van der Waals surface area contributed by atoms with Gasteiger partial charge in [-0.25, -0.2) is 0 Å².